The van der Waals surface area contributed by atoms with E-state index in [1.807, 2.05) is 13.0 Å². The van der Waals surface area contributed by atoms with Crippen LogP contribution in [0.1, 0.15) is 25.8 Å². The van der Waals surface area contributed by atoms with Gasteiger partial charge in [-0.1, -0.05) is 13.0 Å². The quantitative estimate of drug-likeness (QED) is 0.906. The van der Waals surface area contributed by atoms with Gasteiger partial charge >= 0.3 is 0 Å². The maximum Gasteiger partial charge on any atom is 0.129 e. The van der Waals surface area contributed by atoms with E-state index in [0.717, 1.165) is 43.9 Å². The van der Waals surface area contributed by atoms with E-state index < -0.39 is 0 Å². The van der Waals surface area contributed by atoms with Crippen LogP contribution in [0.25, 0.3) is 0 Å². The minimum absolute atomic E-state index is 0.128. The van der Waals surface area contributed by atoms with E-state index in [2.05, 4.69) is 17.1 Å². The van der Waals surface area contributed by atoms with Crippen molar-refractivity contribution in [2.24, 2.45) is 0 Å². The molecule has 1 aromatic rings. The molecule has 1 unspecified atom stereocenters. The second kappa shape index (κ2) is 6.87. The van der Waals surface area contributed by atoms with Crippen LogP contribution in [0.4, 0.5) is 10.1 Å². The van der Waals surface area contributed by atoms with Gasteiger partial charge in [0.2, 0.25) is 0 Å². The first-order valence-electron chi connectivity index (χ1n) is 7.07. The van der Waals surface area contributed by atoms with Gasteiger partial charge in [-0.15, -0.1) is 0 Å². The lowest BCUT2D eigenvalue weighted by Crippen LogP contribution is -2.31. The van der Waals surface area contributed by atoms with Crippen LogP contribution in [0.3, 0.4) is 0 Å². The Morgan fingerprint density at radius 2 is 2.32 bits per heavy atom. The fourth-order valence-electron chi connectivity index (χ4n) is 2.48. The van der Waals surface area contributed by atoms with Crippen LogP contribution in [-0.2, 0) is 11.3 Å². The number of anilines is 1. The molecule has 1 aliphatic heterocycles. The molecule has 3 nitrogen and oxygen atoms in total. The van der Waals surface area contributed by atoms with Gasteiger partial charge in [-0.3, -0.25) is 0 Å². The Labute approximate surface area is 114 Å². The highest BCUT2D eigenvalue weighted by Crippen LogP contribution is 2.25. The summed E-state index contributed by atoms with van der Waals surface area (Å²) >= 11 is 0. The molecule has 2 rings (SSSR count). The lowest BCUT2D eigenvalue weighted by atomic mass is 10.1. The number of nitrogens with zero attached hydrogens (tertiary/aromatic N) is 1. The molecule has 0 saturated carbocycles. The summed E-state index contributed by atoms with van der Waals surface area (Å²) in [6.07, 6.45) is 1.18. The summed E-state index contributed by atoms with van der Waals surface area (Å²) in [5.74, 6) is -0.128. The molecular formula is C15H23FN2O. The van der Waals surface area contributed by atoms with Crippen molar-refractivity contribution in [1.82, 2.24) is 5.32 Å². The topological polar surface area (TPSA) is 24.5 Å². The highest BCUT2D eigenvalue weighted by molar-refractivity contribution is 5.54. The van der Waals surface area contributed by atoms with Crippen LogP contribution < -0.4 is 10.2 Å². The normalized spacial score (nSPS) is 20.4. The molecule has 1 N–H and O–H groups in total. The summed E-state index contributed by atoms with van der Waals surface area (Å²) in [7, 11) is 0. The fraction of sp³-hybridized carbons (Fsp3) is 0.600. The number of hydrogen-bond acceptors (Lipinski definition) is 3. The van der Waals surface area contributed by atoms with Gasteiger partial charge in [0.05, 0.1) is 6.10 Å². The fourth-order valence-corrected chi connectivity index (χ4v) is 2.48. The average molecular weight is 266 g/mol. The van der Waals surface area contributed by atoms with Gasteiger partial charge in [0.1, 0.15) is 5.82 Å². The molecule has 0 radical (unpaired) electrons. The van der Waals surface area contributed by atoms with E-state index >= 15 is 0 Å². The van der Waals surface area contributed by atoms with Crippen molar-refractivity contribution in [3.8, 4) is 0 Å². The van der Waals surface area contributed by atoms with Crippen LogP contribution in [0, 0.1) is 5.82 Å². The second-order valence-corrected chi connectivity index (χ2v) is 5.00. The lowest BCUT2D eigenvalue weighted by Gasteiger charge is -2.27. The number of ether oxygens (including phenoxy) is 1. The van der Waals surface area contributed by atoms with E-state index in [0.29, 0.717) is 6.54 Å². The molecule has 0 spiro atoms. The third-order valence-electron chi connectivity index (χ3n) is 3.44. The molecular weight excluding hydrogens is 243 g/mol. The Balaban J connectivity index is 2.23. The van der Waals surface area contributed by atoms with E-state index in [-0.39, 0.29) is 11.9 Å². The number of hydrogen-bond donors (Lipinski definition) is 1. The smallest absolute Gasteiger partial charge is 0.129 e. The van der Waals surface area contributed by atoms with Crippen molar-refractivity contribution in [2.75, 3.05) is 31.1 Å². The van der Waals surface area contributed by atoms with Crippen molar-refractivity contribution in [1.29, 1.82) is 0 Å². The first kappa shape index (κ1) is 14.3. The first-order chi connectivity index (χ1) is 9.22. The van der Waals surface area contributed by atoms with Crippen LogP contribution in [0.5, 0.6) is 0 Å². The highest BCUT2D eigenvalue weighted by Gasteiger charge is 2.19. The molecule has 1 aromatic carbocycles. The predicted octanol–water partition coefficient (Wildman–Crippen LogP) is 2.55. The van der Waals surface area contributed by atoms with Crippen molar-refractivity contribution in [2.45, 2.75) is 32.9 Å². The Morgan fingerprint density at radius 1 is 1.47 bits per heavy atom. The molecule has 4 heteroatoms. The summed E-state index contributed by atoms with van der Waals surface area (Å²) < 4.78 is 19.7. The first-order valence-corrected chi connectivity index (χ1v) is 7.07. The molecule has 0 amide bonds. The zero-order chi connectivity index (χ0) is 13.7. The van der Waals surface area contributed by atoms with Crippen molar-refractivity contribution in [3.05, 3.63) is 29.6 Å². The molecule has 1 aliphatic rings. The summed E-state index contributed by atoms with van der Waals surface area (Å²) in [4.78, 5) is 2.24. The van der Waals surface area contributed by atoms with Gasteiger partial charge < -0.3 is 15.0 Å². The summed E-state index contributed by atoms with van der Waals surface area (Å²) in [5, 5.41) is 3.21. The third-order valence-corrected chi connectivity index (χ3v) is 3.44. The van der Waals surface area contributed by atoms with Crippen LogP contribution in [0.2, 0.25) is 0 Å². The Kier molecular flexibility index (Phi) is 5.16. The van der Waals surface area contributed by atoms with E-state index in [1.165, 1.54) is 6.07 Å². The predicted molar refractivity (Wildman–Crippen MR) is 76.0 cm³/mol. The summed E-state index contributed by atoms with van der Waals surface area (Å²) in [5.41, 5.74) is 1.76. The van der Waals surface area contributed by atoms with Gasteiger partial charge in [-0.25, -0.2) is 4.39 Å². The number of rotatable bonds is 4. The number of halogens is 1. The summed E-state index contributed by atoms with van der Waals surface area (Å²) in [6, 6.07) is 5.33. The van der Waals surface area contributed by atoms with Crippen molar-refractivity contribution in [3.63, 3.8) is 0 Å². The molecule has 0 aliphatic carbocycles. The number of nitrogens with one attached hydrogen (secondary N) is 1. The van der Waals surface area contributed by atoms with Gasteiger partial charge in [0.15, 0.2) is 0 Å². The van der Waals surface area contributed by atoms with Gasteiger partial charge in [0.25, 0.3) is 0 Å². The monoisotopic (exact) mass is 266 g/mol. The zero-order valence-electron chi connectivity index (χ0n) is 11.8. The molecule has 106 valence electrons. The van der Waals surface area contributed by atoms with Crippen LogP contribution in [0.15, 0.2) is 18.2 Å². The third kappa shape index (κ3) is 3.67. The number of benzene rings is 1. The van der Waals surface area contributed by atoms with Crippen molar-refractivity contribution < 1.29 is 9.13 Å². The molecule has 1 heterocycles. The molecule has 1 atom stereocenters. The maximum absolute atomic E-state index is 14.0. The van der Waals surface area contributed by atoms with Crippen molar-refractivity contribution >= 4 is 5.69 Å². The SMILES string of the molecule is CCNCc1c(F)cccc1N1CCCOC(C)C1. The summed E-state index contributed by atoms with van der Waals surface area (Å²) in [6.45, 7) is 8.05. The standard InChI is InChI=1S/C15H23FN2O/c1-3-17-10-13-14(16)6-4-7-15(13)18-8-5-9-19-12(2)11-18/h4,6-7,12,17H,3,5,8-11H2,1-2H3. The maximum atomic E-state index is 14.0. The van der Waals surface area contributed by atoms with E-state index in [1.54, 1.807) is 6.07 Å². The molecule has 19 heavy (non-hydrogen) atoms. The Morgan fingerprint density at radius 3 is 3.11 bits per heavy atom. The largest absolute Gasteiger partial charge is 0.377 e. The molecule has 1 fully saturated rings. The van der Waals surface area contributed by atoms with Gasteiger partial charge in [-0.05, 0) is 32.0 Å². The Hall–Kier alpha value is -1.13. The van der Waals surface area contributed by atoms with Crippen LogP contribution >= 0.6 is 0 Å². The van der Waals surface area contributed by atoms with E-state index in [9.17, 15) is 4.39 Å². The van der Waals surface area contributed by atoms with Crippen LogP contribution in [-0.4, -0.2) is 32.3 Å². The lowest BCUT2D eigenvalue weighted by molar-refractivity contribution is 0.0820. The zero-order valence-corrected chi connectivity index (χ0v) is 11.8. The second-order valence-electron chi connectivity index (χ2n) is 5.00. The van der Waals surface area contributed by atoms with Gasteiger partial charge in [0, 0.05) is 37.5 Å². The van der Waals surface area contributed by atoms with Gasteiger partial charge in [-0.2, -0.15) is 0 Å². The minimum Gasteiger partial charge on any atom is -0.377 e. The highest BCUT2D eigenvalue weighted by atomic mass is 19.1. The molecule has 1 saturated heterocycles. The molecule has 0 aromatic heterocycles. The average Bonchev–Trinajstić information content (AvgIpc) is 2.62. The molecule has 0 bridgehead atoms. The van der Waals surface area contributed by atoms with E-state index in [4.69, 9.17) is 4.74 Å². The minimum atomic E-state index is -0.128. The Bertz CT molecular complexity index is 411.